The van der Waals surface area contributed by atoms with Crippen LogP contribution in [0.2, 0.25) is 0 Å². The number of carbonyl (C=O) groups excluding carboxylic acids is 1. The first-order valence-corrected chi connectivity index (χ1v) is 7.42. The molecule has 0 fully saturated rings. The molecule has 0 aliphatic carbocycles. The van der Waals surface area contributed by atoms with E-state index in [0.29, 0.717) is 22.8 Å². The minimum absolute atomic E-state index is 0.144. The zero-order valence-corrected chi connectivity index (χ0v) is 12.5. The zero-order valence-electron chi connectivity index (χ0n) is 12.5. The molecule has 2 aromatic carbocycles. The number of fused-ring (bicyclic) bond motifs is 2. The number of hydrogen-bond acceptors (Lipinski definition) is 5. The summed E-state index contributed by atoms with van der Waals surface area (Å²) < 4.78 is 16.3. The van der Waals surface area contributed by atoms with Crippen LogP contribution in [0.5, 0.6) is 11.5 Å². The highest BCUT2D eigenvalue weighted by atomic mass is 16.6. The van der Waals surface area contributed by atoms with Crippen molar-refractivity contribution >= 4 is 22.6 Å². The molecular weight excluding hydrogens is 310 g/mol. The normalized spacial score (nSPS) is 15.9. The molecular formula is C18H13NO5. The number of amides is 1. The predicted octanol–water partition coefficient (Wildman–Crippen LogP) is 2.57. The Labute approximate surface area is 136 Å². The molecule has 1 aliphatic heterocycles. The maximum Gasteiger partial charge on any atom is 0.336 e. The first-order chi connectivity index (χ1) is 11.7. The van der Waals surface area contributed by atoms with E-state index in [9.17, 15) is 9.59 Å². The second-order valence-corrected chi connectivity index (χ2v) is 5.36. The van der Waals surface area contributed by atoms with Gasteiger partial charge in [-0.15, -0.1) is 0 Å². The van der Waals surface area contributed by atoms with Crippen molar-refractivity contribution in [3.8, 4) is 11.5 Å². The van der Waals surface area contributed by atoms with Gasteiger partial charge in [0, 0.05) is 17.1 Å². The van der Waals surface area contributed by atoms with E-state index in [4.69, 9.17) is 13.9 Å². The van der Waals surface area contributed by atoms with E-state index < -0.39 is 11.7 Å². The number of benzene rings is 2. The average Bonchev–Trinajstić information content (AvgIpc) is 2.61. The monoisotopic (exact) mass is 323 g/mol. The van der Waals surface area contributed by atoms with Gasteiger partial charge in [0.05, 0.1) is 0 Å². The number of anilines is 1. The van der Waals surface area contributed by atoms with Gasteiger partial charge in [-0.25, -0.2) is 4.79 Å². The third-order valence-electron chi connectivity index (χ3n) is 3.69. The summed E-state index contributed by atoms with van der Waals surface area (Å²) in [5.74, 6) is 0.868. The lowest BCUT2D eigenvalue weighted by atomic mass is 10.2. The number of carbonyl (C=O) groups is 1. The lowest BCUT2D eigenvalue weighted by Gasteiger charge is -2.25. The van der Waals surface area contributed by atoms with Crippen LogP contribution in [0.3, 0.4) is 0 Å². The molecule has 0 radical (unpaired) electrons. The Bertz CT molecular complexity index is 978. The molecule has 1 aromatic heterocycles. The topological polar surface area (TPSA) is 77.8 Å². The Morgan fingerprint density at radius 3 is 2.75 bits per heavy atom. The summed E-state index contributed by atoms with van der Waals surface area (Å²) in [6, 6.07) is 15.2. The van der Waals surface area contributed by atoms with E-state index in [1.165, 1.54) is 6.07 Å². The molecule has 0 unspecified atom stereocenters. The smallest absolute Gasteiger partial charge is 0.336 e. The van der Waals surface area contributed by atoms with Crippen LogP contribution < -0.4 is 20.4 Å². The Morgan fingerprint density at radius 2 is 1.88 bits per heavy atom. The molecule has 0 saturated carbocycles. The van der Waals surface area contributed by atoms with Gasteiger partial charge < -0.3 is 19.2 Å². The van der Waals surface area contributed by atoms with Crippen molar-refractivity contribution in [1.29, 1.82) is 0 Å². The number of para-hydroxylation sites is 2. The first-order valence-electron chi connectivity index (χ1n) is 7.42. The third kappa shape index (κ3) is 2.69. The van der Waals surface area contributed by atoms with E-state index in [1.54, 1.807) is 36.4 Å². The summed E-state index contributed by atoms with van der Waals surface area (Å²) in [6.45, 7) is 0.144. The Kier molecular flexibility index (Phi) is 3.42. The molecule has 6 nitrogen and oxygen atoms in total. The van der Waals surface area contributed by atoms with Crippen LogP contribution in [0.15, 0.2) is 63.8 Å². The first kappa shape index (κ1) is 14.3. The Hall–Kier alpha value is -3.28. The summed E-state index contributed by atoms with van der Waals surface area (Å²) in [4.78, 5) is 23.6. The quantitative estimate of drug-likeness (QED) is 0.733. The second kappa shape index (κ2) is 5.73. The van der Waals surface area contributed by atoms with Crippen LogP contribution in [0, 0.1) is 0 Å². The highest BCUT2D eigenvalue weighted by molar-refractivity contribution is 5.96. The summed E-state index contributed by atoms with van der Waals surface area (Å²) in [7, 11) is 0. The fourth-order valence-electron chi connectivity index (χ4n) is 2.52. The van der Waals surface area contributed by atoms with Crippen molar-refractivity contribution in [3.05, 3.63) is 65.0 Å². The number of ether oxygens (including phenoxy) is 2. The van der Waals surface area contributed by atoms with Gasteiger partial charge in [-0.3, -0.25) is 4.79 Å². The number of hydrogen-bond donors (Lipinski definition) is 1. The summed E-state index contributed by atoms with van der Waals surface area (Å²) in [5.41, 5.74) is 0.640. The molecule has 2 heterocycles. The van der Waals surface area contributed by atoms with Gasteiger partial charge in [-0.1, -0.05) is 12.1 Å². The highest BCUT2D eigenvalue weighted by Gasteiger charge is 2.27. The van der Waals surface area contributed by atoms with Crippen molar-refractivity contribution in [3.63, 3.8) is 0 Å². The zero-order chi connectivity index (χ0) is 16.5. The SMILES string of the molecule is O=C(Nc1ccc2oc(=O)ccc2c1)[C@H]1COc2ccccc2O1. The van der Waals surface area contributed by atoms with Gasteiger partial charge in [0.2, 0.25) is 6.10 Å². The molecule has 1 N–H and O–H groups in total. The molecule has 0 saturated heterocycles. The van der Waals surface area contributed by atoms with Gasteiger partial charge in [-0.05, 0) is 36.4 Å². The molecule has 3 aromatic rings. The third-order valence-corrected chi connectivity index (χ3v) is 3.69. The lowest BCUT2D eigenvalue weighted by Crippen LogP contribution is -2.40. The van der Waals surface area contributed by atoms with Crippen molar-refractivity contribution in [2.75, 3.05) is 11.9 Å². The second-order valence-electron chi connectivity index (χ2n) is 5.36. The standard InChI is InChI=1S/C18H13NO5/c20-17-8-5-11-9-12(6-7-13(11)24-17)19-18(21)16-10-22-14-3-1-2-4-15(14)23-16/h1-9,16H,10H2,(H,19,21)/t16-/m1/s1. The van der Waals surface area contributed by atoms with Gasteiger partial charge >= 0.3 is 5.63 Å². The molecule has 0 spiro atoms. The maximum atomic E-state index is 12.4. The minimum Gasteiger partial charge on any atom is -0.485 e. The molecule has 0 bridgehead atoms. The fourth-order valence-corrected chi connectivity index (χ4v) is 2.52. The molecule has 1 amide bonds. The summed E-state index contributed by atoms with van der Waals surface area (Å²) in [5, 5.41) is 3.51. The Balaban J connectivity index is 1.52. The fraction of sp³-hybridized carbons (Fsp3) is 0.111. The van der Waals surface area contributed by atoms with Crippen molar-refractivity contribution in [2.45, 2.75) is 6.10 Å². The van der Waals surface area contributed by atoms with E-state index in [-0.39, 0.29) is 12.5 Å². The summed E-state index contributed by atoms with van der Waals surface area (Å²) >= 11 is 0. The molecule has 1 atom stereocenters. The summed E-state index contributed by atoms with van der Waals surface area (Å²) in [6.07, 6.45) is -0.732. The van der Waals surface area contributed by atoms with Crippen molar-refractivity contribution in [1.82, 2.24) is 0 Å². The van der Waals surface area contributed by atoms with Gasteiger partial charge in [0.15, 0.2) is 11.5 Å². The van der Waals surface area contributed by atoms with Crippen LogP contribution in [0.25, 0.3) is 11.0 Å². The van der Waals surface area contributed by atoms with E-state index in [0.717, 1.165) is 5.39 Å². The van der Waals surface area contributed by atoms with Crippen LogP contribution in [0.4, 0.5) is 5.69 Å². The average molecular weight is 323 g/mol. The number of rotatable bonds is 2. The highest BCUT2D eigenvalue weighted by Crippen LogP contribution is 2.31. The van der Waals surface area contributed by atoms with Crippen LogP contribution in [0.1, 0.15) is 0 Å². The molecule has 4 rings (SSSR count). The maximum absolute atomic E-state index is 12.4. The minimum atomic E-state index is -0.732. The van der Waals surface area contributed by atoms with Crippen LogP contribution in [-0.2, 0) is 4.79 Å². The van der Waals surface area contributed by atoms with Crippen molar-refractivity contribution < 1.29 is 18.7 Å². The van der Waals surface area contributed by atoms with Crippen LogP contribution in [-0.4, -0.2) is 18.6 Å². The molecule has 120 valence electrons. The van der Waals surface area contributed by atoms with E-state index in [2.05, 4.69) is 5.32 Å². The van der Waals surface area contributed by atoms with E-state index in [1.807, 2.05) is 12.1 Å². The molecule has 24 heavy (non-hydrogen) atoms. The Morgan fingerprint density at radius 1 is 1.04 bits per heavy atom. The van der Waals surface area contributed by atoms with Gasteiger partial charge in [-0.2, -0.15) is 0 Å². The van der Waals surface area contributed by atoms with Gasteiger partial charge in [0.1, 0.15) is 12.2 Å². The van der Waals surface area contributed by atoms with Crippen molar-refractivity contribution in [2.24, 2.45) is 0 Å². The van der Waals surface area contributed by atoms with E-state index >= 15 is 0 Å². The largest absolute Gasteiger partial charge is 0.485 e. The van der Waals surface area contributed by atoms with Crippen LogP contribution >= 0.6 is 0 Å². The molecule has 6 heteroatoms. The predicted molar refractivity (Wildman–Crippen MR) is 87.5 cm³/mol. The number of nitrogens with one attached hydrogen (secondary N) is 1. The van der Waals surface area contributed by atoms with Gasteiger partial charge in [0.25, 0.3) is 5.91 Å². The molecule has 1 aliphatic rings. The lowest BCUT2D eigenvalue weighted by molar-refractivity contribution is -0.125.